The molecule has 3 N–H and O–H groups in total. The van der Waals surface area contributed by atoms with Gasteiger partial charge in [-0.05, 0) is 41.8 Å². The van der Waals surface area contributed by atoms with E-state index in [4.69, 9.17) is 26.2 Å². The monoisotopic (exact) mass is 422 g/mol. The van der Waals surface area contributed by atoms with Gasteiger partial charge < -0.3 is 14.8 Å². The van der Waals surface area contributed by atoms with E-state index in [9.17, 15) is 8.42 Å². The van der Waals surface area contributed by atoms with Crippen molar-refractivity contribution in [3.8, 4) is 11.5 Å². The zero-order valence-electron chi connectivity index (χ0n) is 15.3. The number of benzene rings is 2. The molecule has 0 aliphatic heterocycles. The number of nitrogens with one attached hydrogen (secondary N) is 1. The number of halogens is 1. The number of nitrogens with zero attached hydrogens (tertiary/aromatic N) is 2. The molecule has 28 heavy (non-hydrogen) atoms. The lowest BCUT2D eigenvalue weighted by molar-refractivity contribution is 0.356. The van der Waals surface area contributed by atoms with Crippen LogP contribution in [0, 0.1) is 0 Å². The van der Waals surface area contributed by atoms with Crippen LogP contribution in [0.4, 0.5) is 5.82 Å². The predicted molar refractivity (Wildman–Crippen MR) is 108 cm³/mol. The molecule has 0 aliphatic carbocycles. The first-order valence-corrected chi connectivity index (χ1v) is 10.2. The third kappa shape index (κ3) is 4.44. The molecule has 2 aromatic carbocycles. The molecule has 3 aromatic rings. The second kappa shape index (κ2) is 8.17. The van der Waals surface area contributed by atoms with Crippen LogP contribution in [0.3, 0.4) is 0 Å². The van der Waals surface area contributed by atoms with Crippen molar-refractivity contribution < 1.29 is 17.9 Å². The molecule has 1 aromatic heterocycles. The third-order valence-electron chi connectivity index (χ3n) is 4.13. The Labute approximate surface area is 167 Å². The van der Waals surface area contributed by atoms with E-state index in [1.807, 2.05) is 0 Å². The largest absolute Gasteiger partial charge is 0.493 e. The number of anilines is 1. The van der Waals surface area contributed by atoms with Crippen molar-refractivity contribution in [2.24, 2.45) is 5.14 Å². The quantitative estimate of drug-likeness (QED) is 0.562. The summed E-state index contributed by atoms with van der Waals surface area (Å²) in [5, 5.41) is 9.20. The first kappa shape index (κ1) is 20.1. The van der Waals surface area contributed by atoms with Crippen molar-refractivity contribution in [2.75, 3.05) is 26.1 Å². The Morgan fingerprint density at radius 2 is 1.71 bits per heavy atom. The molecule has 8 nitrogen and oxygen atoms in total. The van der Waals surface area contributed by atoms with E-state index in [2.05, 4.69) is 15.3 Å². The molecule has 0 bridgehead atoms. The molecule has 0 atom stereocenters. The smallest absolute Gasteiger partial charge is 0.238 e. The maximum absolute atomic E-state index is 11.3. The maximum atomic E-state index is 11.3. The fourth-order valence-corrected chi connectivity index (χ4v) is 3.42. The van der Waals surface area contributed by atoms with Crippen LogP contribution in [-0.4, -0.2) is 39.2 Å². The summed E-state index contributed by atoms with van der Waals surface area (Å²) in [5.41, 5.74) is 1.57. The van der Waals surface area contributed by atoms with Gasteiger partial charge in [-0.1, -0.05) is 12.1 Å². The molecular formula is C18H19ClN4O4S. The van der Waals surface area contributed by atoms with Gasteiger partial charge in [-0.2, -0.15) is 0 Å². The van der Waals surface area contributed by atoms with Crippen molar-refractivity contribution in [1.29, 1.82) is 0 Å². The number of ether oxygens (including phenoxy) is 2. The van der Waals surface area contributed by atoms with Gasteiger partial charge in [-0.15, -0.1) is 0 Å². The summed E-state index contributed by atoms with van der Waals surface area (Å²) in [6.07, 6.45) is 0.640. The van der Waals surface area contributed by atoms with Crippen molar-refractivity contribution >= 4 is 38.3 Å². The fourth-order valence-electron chi connectivity index (χ4n) is 2.73. The predicted octanol–water partition coefficient (Wildman–Crippen LogP) is 2.60. The van der Waals surface area contributed by atoms with Crippen LogP contribution in [0.5, 0.6) is 11.5 Å². The van der Waals surface area contributed by atoms with Gasteiger partial charge in [0, 0.05) is 18.0 Å². The van der Waals surface area contributed by atoms with E-state index in [0.717, 1.165) is 10.9 Å². The molecule has 0 unspecified atom stereocenters. The lowest BCUT2D eigenvalue weighted by Crippen LogP contribution is -2.12. The van der Waals surface area contributed by atoms with Gasteiger partial charge in [0.1, 0.15) is 5.82 Å². The lowest BCUT2D eigenvalue weighted by Gasteiger charge is -2.12. The first-order chi connectivity index (χ1) is 13.3. The Kier molecular flexibility index (Phi) is 5.87. The van der Waals surface area contributed by atoms with Crippen molar-refractivity contribution in [3.05, 3.63) is 47.2 Å². The molecule has 0 saturated carbocycles. The molecular weight excluding hydrogens is 404 g/mol. The number of sulfonamides is 1. The Bertz CT molecular complexity index is 1100. The van der Waals surface area contributed by atoms with E-state index < -0.39 is 10.0 Å². The summed E-state index contributed by atoms with van der Waals surface area (Å²) in [4.78, 5) is 8.57. The standard InChI is InChI=1S/C18H19ClN4O4S/c1-26-15-9-13-14(10-16(15)27-2)22-18(19)23-17(13)21-8-7-11-3-5-12(6-4-11)28(20,24)25/h3-6,9-10H,7-8H2,1-2H3,(H2,20,24,25)(H,21,22,23). The van der Waals surface area contributed by atoms with Crippen LogP contribution < -0.4 is 19.9 Å². The van der Waals surface area contributed by atoms with Crippen molar-refractivity contribution in [3.63, 3.8) is 0 Å². The number of nitrogens with two attached hydrogens (primary N) is 1. The number of hydrogen-bond acceptors (Lipinski definition) is 7. The fraction of sp³-hybridized carbons (Fsp3) is 0.222. The third-order valence-corrected chi connectivity index (χ3v) is 5.23. The van der Waals surface area contributed by atoms with Gasteiger partial charge in [0.15, 0.2) is 11.5 Å². The second-order valence-electron chi connectivity index (χ2n) is 5.93. The average Bonchev–Trinajstić information content (AvgIpc) is 2.66. The second-order valence-corrected chi connectivity index (χ2v) is 7.83. The minimum Gasteiger partial charge on any atom is -0.493 e. The highest BCUT2D eigenvalue weighted by atomic mass is 35.5. The number of primary sulfonamides is 1. The lowest BCUT2D eigenvalue weighted by atomic mass is 10.1. The van der Waals surface area contributed by atoms with E-state index in [1.54, 1.807) is 38.5 Å². The Hall–Kier alpha value is -2.62. The van der Waals surface area contributed by atoms with Gasteiger partial charge in [0.2, 0.25) is 15.3 Å². The minimum absolute atomic E-state index is 0.0822. The van der Waals surface area contributed by atoms with Crippen LogP contribution in [0.2, 0.25) is 5.28 Å². The van der Waals surface area contributed by atoms with Gasteiger partial charge in [0.05, 0.1) is 24.6 Å². The summed E-state index contributed by atoms with van der Waals surface area (Å²) >= 11 is 6.05. The molecule has 10 heteroatoms. The molecule has 3 rings (SSSR count). The highest BCUT2D eigenvalue weighted by Crippen LogP contribution is 2.34. The zero-order valence-corrected chi connectivity index (χ0v) is 16.8. The summed E-state index contributed by atoms with van der Waals surface area (Å²) in [5.74, 6) is 1.67. The van der Waals surface area contributed by atoms with Gasteiger partial charge in [0.25, 0.3) is 0 Å². The molecule has 0 aliphatic rings. The molecule has 148 valence electrons. The number of rotatable bonds is 7. The topological polar surface area (TPSA) is 116 Å². The van der Waals surface area contributed by atoms with Crippen LogP contribution in [-0.2, 0) is 16.4 Å². The number of hydrogen-bond donors (Lipinski definition) is 2. The van der Waals surface area contributed by atoms with E-state index >= 15 is 0 Å². The van der Waals surface area contributed by atoms with Gasteiger partial charge in [-0.3, -0.25) is 0 Å². The van der Waals surface area contributed by atoms with E-state index in [1.165, 1.54) is 12.1 Å². The first-order valence-electron chi connectivity index (χ1n) is 8.26. The van der Waals surface area contributed by atoms with Gasteiger partial charge >= 0.3 is 0 Å². The van der Waals surface area contributed by atoms with Crippen molar-refractivity contribution in [1.82, 2.24) is 9.97 Å². The minimum atomic E-state index is -3.69. The Balaban J connectivity index is 1.80. The van der Waals surface area contributed by atoms with E-state index in [-0.39, 0.29) is 10.2 Å². The Morgan fingerprint density at radius 3 is 2.32 bits per heavy atom. The van der Waals surface area contributed by atoms with Crippen molar-refractivity contribution in [2.45, 2.75) is 11.3 Å². The normalized spacial score (nSPS) is 11.4. The zero-order chi connectivity index (χ0) is 20.3. The highest BCUT2D eigenvalue weighted by molar-refractivity contribution is 7.89. The number of fused-ring (bicyclic) bond motifs is 1. The van der Waals surface area contributed by atoms with E-state index in [0.29, 0.717) is 35.8 Å². The molecule has 0 fully saturated rings. The van der Waals surface area contributed by atoms with Gasteiger partial charge in [-0.25, -0.2) is 23.5 Å². The SMILES string of the molecule is COc1cc2nc(Cl)nc(NCCc3ccc(S(N)(=O)=O)cc3)c2cc1OC. The number of aromatic nitrogens is 2. The molecule has 0 amide bonds. The molecule has 0 saturated heterocycles. The van der Waals surface area contributed by atoms with Crippen LogP contribution >= 0.6 is 11.6 Å². The summed E-state index contributed by atoms with van der Waals surface area (Å²) in [6.45, 7) is 0.547. The highest BCUT2D eigenvalue weighted by Gasteiger charge is 2.13. The number of methoxy groups -OCH3 is 2. The Morgan fingerprint density at radius 1 is 1.07 bits per heavy atom. The molecule has 0 radical (unpaired) electrons. The van der Waals surface area contributed by atoms with Crippen LogP contribution in [0.15, 0.2) is 41.3 Å². The average molecular weight is 423 g/mol. The summed E-state index contributed by atoms with van der Waals surface area (Å²) in [7, 11) is -0.591. The molecule has 0 spiro atoms. The summed E-state index contributed by atoms with van der Waals surface area (Å²) in [6, 6.07) is 9.94. The summed E-state index contributed by atoms with van der Waals surface area (Å²) < 4.78 is 33.3. The molecule has 1 heterocycles. The maximum Gasteiger partial charge on any atom is 0.238 e. The van der Waals surface area contributed by atoms with Crippen LogP contribution in [0.1, 0.15) is 5.56 Å². The van der Waals surface area contributed by atoms with Crippen LogP contribution in [0.25, 0.3) is 10.9 Å².